The van der Waals surface area contributed by atoms with Gasteiger partial charge in [0.2, 0.25) is 0 Å². The Kier molecular flexibility index (Phi) is 5.54. The van der Waals surface area contributed by atoms with E-state index in [-0.39, 0.29) is 18.8 Å². The van der Waals surface area contributed by atoms with Gasteiger partial charge in [0.05, 0.1) is 11.5 Å². The molecule has 2 aromatic rings. The maximum atomic E-state index is 12.0. The lowest BCUT2D eigenvalue weighted by atomic mass is 10.2. The topological polar surface area (TPSA) is 72.7 Å². The van der Waals surface area contributed by atoms with Crippen LogP contribution in [0.3, 0.4) is 0 Å². The van der Waals surface area contributed by atoms with E-state index in [1.807, 2.05) is 30.3 Å². The van der Waals surface area contributed by atoms with Gasteiger partial charge < -0.3 is 9.64 Å². The van der Waals surface area contributed by atoms with E-state index in [9.17, 15) is 14.9 Å². The SMILES string of the molecule is CN(Cc1cc([N+](=O)[O-])ccc1Cl)C(=O)OCc1ccccc1. The molecule has 0 spiro atoms. The minimum absolute atomic E-state index is 0.0737. The molecule has 0 aromatic heterocycles. The van der Waals surface area contributed by atoms with Gasteiger partial charge in [-0.25, -0.2) is 4.79 Å². The summed E-state index contributed by atoms with van der Waals surface area (Å²) in [6.07, 6.45) is -0.531. The first-order valence-electron chi connectivity index (χ1n) is 6.82. The molecule has 0 heterocycles. The van der Waals surface area contributed by atoms with Crippen molar-refractivity contribution in [2.75, 3.05) is 7.05 Å². The third-order valence-corrected chi connectivity index (χ3v) is 3.53. The highest BCUT2D eigenvalue weighted by Gasteiger charge is 2.15. The molecule has 0 saturated carbocycles. The molecule has 0 aliphatic rings. The van der Waals surface area contributed by atoms with Gasteiger partial charge in [-0.2, -0.15) is 0 Å². The van der Waals surface area contributed by atoms with Crippen molar-refractivity contribution in [2.24, 2.45) is 0 Å². The molecule has 6 nitrogen and oxygen atoms in total. The third kappa shape index (κ3) is 4.69. The Morgan fingerprint density at radius 3 is 2.61 bits per heavy atom. The molecule has 0 radical (unpaired) electrons. The van der Waals surface area contributed by atoms with Gasteiger partial charge >= 0.3 is 6.09 Å². The number of non-ortho nitro benzene ring substituents is 1. The molecule has 0 aliphatic heterocycles. The monoisotopic (exact) mass is 334 g/mol. The van der Waals surface area contributed by atoms with Crippen molar-refractivity contribution in [2.45, 2.75) is 13.2 Å². The highest BCUT2D eigenvalue weighted by atomic mass is 35.5. The molecular formula is C16H15ClN2O4. The molecule has 7 heteroatoms. The number of ether oxygens (including phenoxy) is 1. The molecule has 1 amide bonds. The van der Waals surface area contributed by atoms with Crippen molar-refractivity contribution >= 4 is 23.4 Å². The van der Waals surface area contributed by atoms with Gasteiger partial charge in [-0.1, -0.05) is 41.9 Å². The summed E-state index contributed by atoms with van der Waals surface area (Å²) < 4.78 is 5.19. The second kappa shape index (κ2) is 7.60. The summed E-state index contributed by atoms with van der Waals surface area (Å²) in [5.74, 6) is 0. The van der Waals surface area contributed by atoms with Crippen LogP contribution in [-0.4, -0.2) is 23.0 Å². The molecule has 0 fully saturated rings. The molecule has 0 unspecified atom stereocenters. The maximum absolute atomic E-state index is 12.0. The Bertz CT molecular complexity index is 706. The van der Waals surface area contributed by atoms with Gasteiger partial charge in [0.15, 0.2) is 0 Å². The van der Waals surface area contributed by atoms with E-state index in [1.165, 1.54) is 23.1 Å². The molecule has 2 aromatic carbocycles. The smallest absolute Gasteiger partial charge is 0.410 e. The van der Waals surface area contributed by atoms with Crippen LogP contribution in [-0.2, 0) is 17.9 Å². The second-order valence-electron chi connectivity index (χ2n) is 4.93. The van der Waals surface area contributed by atoms with Gasteiger partial charge in [0, 0.05) is 24.2 Å². The zero-order valence-corrected chi connectivity index (χ0v) is 13.2. The summed E-state index contributed by atoms with van der Waals surface area (Å²) >= 11 is 6.02. The van der Waals surface area contributed by atoms with Gasteiger partial charge in [-0.3, -0.25) is 10.1 Å². The van der Waals surface area contributed by atoms with E-state index in [2.05, 4.69) is 0 Å². The zero-order valence-electron chi connectivity index (χ0n) is 12.4. The Labute approximate surface area is 138 Å². The standard InChI is InChI=1S/C16H15ClN2O4/c1-18(16(20)23-11-12-5-3-2-4-6-12)10-13-9-14(19(21)22)7-8-15(13)17/h2-9H,10-11H2,1H3. The average molecular weight is 335 g/mol. The summed E-state index contributed by atoms with van der Waals surface area (Å²) in [6, 6.07) is 13.4. The van der Waals surface area contributed by atoms with Crippen molar-refractivity contribution in [3.63, 3.8) is 0 Å². The lowest BCUT2D eigenvalue weighted by Gasteiger charge is -2.17. The lowest BCUT2D eigenvalue weighted by molar-refractivity contribution is -0.384. The van der Waals surface area contributed by atoms with Crippen LogP contribution in [0.15, 0.2) is 48.5 Å². The van der Waals surface area contributed by atoms with Crippen molar-refractivity contribution in [3.8, 4) is 0 Å². The van der Waals surface area contributed by atoms with E-state index in [0.29, 0.717) is 10.6 Å². The van der Waals surface area contributed by atoms with Crippen molar-refractivity contribution in [1.82, 2.24) is 4.90 Å². The van der Waals surface area contributed by atoms with Crippen LogP contribution < -0.4 is 0 Å². The van der Waals surface area contributed by atoms with E-state index in [0.717, 1.165) is 5.56 Å². The Balaban J connectivity index is 1.98. The second-order valence-corrected chi connectivity index (χ2v) is 5.34. The predicted molar refractivity (Wildman–Crippen MR) is 86.2 cm³/mol. The summed E-state index contributed by atoms with van der Waals surface area (Å²) in [4.78, 5) is 23.6. The molecule has 0 aliphatic carbocycles. The van der Waals surface area contributed by atoms with Crippen LogP contribution in [0.25, 0.3) is 0 Å². The number of rotatable bonds is 5. The van der Waals surface area contributed by atoms with Crippen LogP contribution >= 0.6 is 11.6 Å². The van der Waals surface area contributed by atoms with Crippen molar-refractivity contribution < 1.29 is 14.5 Å². The van der Waals surface area contributed by atoms with Crippen molar-refractivity contribution in [3.05, 3.63) is 74.8 Å². The summed E-state index contributed by atoms with van der Waals surface area (Å²) in [5, 5.41) is 11.2. The molecular weight excluding hydrogens is 320 g/mol. The maximum Gasteiger partial charge on any atom is 0.410 e. The van der Waals surface area contributed by atoms with Crippen LogP contribution in [0.4, 0.5) is 10.5 Å². The van der Waals surface area contributed by atoms with E-state index in [4.69, 9.17) is 16.3 Å². The predicted octanol–water partition coefficient (Wildman–Crippen LogP) is 4.02. The summed E-state index contributed by atoms with van der Waals surface area (Å²) in [5.41, 5.74) is 1.29. The number of amides is 1. The normalized spacial score (nSPS) is 10.2. The number of hydrogen-bond acceptors (Lipinski definition) is 4. The lowest BCUT2D eigenvalue weighted by Crippen LogP contribution is -2.27. The zero-order chi connectivity index (χ0) is 16.8. The quantitative estimate of drug-likeness (QED) is 0.611. The highest BCUT2D eigenvalue weighted by Crippen LogP contribution is 2.23. The first-order chi connectivity index (χ1) is 11.0. The minimum atomic E-state index is -0.531. The number of halogens is 1. The Morgan fingerprint density at radius 1 is 1.26 bits per heavy atom. The molecule has 0 atom stereocenters. The first-order valence-corrected chi connectivity index (χ1v) is 7.20. The van der Waals surface area contributed by atoms with E-state index >= 15 is 0 Å². The highest BCUT2D eigenvalue weighted by molar-refractivity contribution is 6.31. The Morgan fingerprint density at radius 2 is 1.96 bits per heavy atom. The largest absolute Gasteiger partial charge is 0.445 e. The van der Waals surface area contributed by atoms with Gasteiger partial charge in [0.25, 0.3) is 5.69 Å². The average Bonchev–Trinajstić information content (AvgIpc) is 2.55. The fourth-order valence-electron chi connectivity index (χ4n) is 1.95. The summed E-state index contributed by atoms with van der Waals surface area (Å²) in [7, 11) is 1.54. The molecule has 2 rings (SSSR count). The van der Waals surface area contributed by atoms with E-state index < -0.39 is 11.0 Å². The van der Waals surface area contributed by atoms with Gasteiger partial charge in [-0.15, -0.1) is 0 Å². The van der Waals surface area contributed by atoms with Gasteiger partial charge in [0.1, 0.15) is 6.61 Å². The number of carbonyl (C=O) groups is 1. The van der Waals surface area contributed by atoms with Crippen LogP contribution in [0.1, 0.15) is 11.1 Å². The van der Waals surface area contributed by atoms with Crippen molar-refractivity contribution in [1.29, 1.82) is 0 Å². The number of carbonyl (C=O) groups excluding carboxylic acids is 1. The number of nitro groups is 1. The molecule has 0 bridgehead atoms. The van der Waals surface area contributed by atoms with Crippen LogP contribution in [0.5, 0.6) is 0 Å². The number of benzene rings is 2. The molecule has 120 valence electrons. The third-order valence-electron chi connectivity index (χ3n) is 3.16. The van der Waals surface area contributed by atoms with E-state index in [1.54, 1.807) is 7.05 Å². The Hall–Kier alpha value is -2.60. The number of nitrogens with zero attached hydrogens (tertiary/aromatic N) is 2. The number of hydrogen-bond donors (Lipinski definition) is 0. The van der Waals surface area contributed by atoms with Gasteiger partial charge in [-0.05, 0) is 17.2 Å². The first kappa shape index (κ1) is 16.8. The fraction of sp³-hybridized carbons (Fsp3) is 0.188. The summed E-state index contributed by atoms with van der Waals surface area (Å²) in [6.45, 7) is 0.279. The van der Waals surface area contributed by atoms with Crippen LogP contribution in [0.2, 0.25) is 5.02 Å². The molecule has 23 heavy (non-hydrogen) atoms. The molecule has 0 N–H and O–H groups in total. The van der Waals surface area contributed by atoms with Crippen LogP contribution in [0, 0.1) is 10.1 Å². The minimum Gasteiger partial charge on any atom is -0.445 e. The molecule has 0 saturated heterocycles. The number of nitro benzene ring substituents is 1. The fourth-order valence-corrected chi connectivity index (χ4v) is 2.12.